The molecule has 2 N–H and O–H groups in total. The minimum atomic E-state index is -0.395. The summed E-state index contributed by atoms with van der Waals surface area (Å²) in [4.78, 5) is 10.8. The molecule has 0 aliphatic carbocycles. The van der Waals surface area contributed by atoms with Crippen molar-refractivity contribution in [1.29, 1.82) is 0 Å². The molecule has 3 aromatic rings. The molecule has 1 amide bonds. The van der Waals surface area contributed by atoms with Gasteiger partial charge in [-0.1, -0.05) is 48.5 Å². The van der Waals surface area contributed by atoms with Crippen LogP contribution in [0.3, 0.4) is 0 Å². The number of ether oxygens (including phenoxy) is 3. The maximum Gasteiger partial charge on any atom is 0.407 e. The van der Waals surface area contributed by atoms with Crippen molar-refractivity contribution in [2.45, 2.75) is 12.5 Å². The van der Waals surface area contributed by atoms with Gasteiger partial charge in [-0.3, -0.25) is 0 Å². The number of carbonyl (C=O) groups excluding carboxylic acids is 1. The molecule has 3 aromatic carbocycles. The van der Waals surface area contributed by atoms with E-state index in [1.807, 2.05) is 24.3 Å². The summed E-state index contributed by atoms with van der Waals surface area (Å²) in [5, 5.41) is 6.00. The third kappa shape index (κ3) is 4.66. The number of carbonyl (C=O) groups is 1. The average molecular weight is 404 g/mol. The van der Waals surface area contributed by atoms with E-state index in [-0.39, 0.29) is 6.10 Å². The summed E-state index contributed by atoms with van der Waals surface area (Å²) in [7, 11) is 1.58. The van der Waals surface area contributed by atoms with Crippen LogP contribution in [0.5, 0.6) is 11.5 Å². The number of hydrogen-bond acceptors (Lipinski definition) is 5. The van der Waals surface area contributed by atoms with Crippen molar-refractivity contribution in [3.05, 3.63) is 83.9 Å². The summed E-state index contributed by atoms with van der Waals surface area (Å²) in [6.07, 6.45) is 0.408. The van der Waals surface area contributed by atoms with Gasteiger partial charge in [-0.25, -0.2) is 4.79 Å². The normalized spacial score (nSPS) is 15.9. The van der Waals surface area contributed by atoms with Crippen LogP contribution in [0.15, 0.2) is 72.8 Å². The Kier molecular flexibility index (Phi) is 6.03. The summed E-state index contributed by atoms with van der Waals surface area (Å²) in [5.41, 5.74) is 5.25. The van der Waals surface area contributed by atoms with Crippen molar-refractivity contribution >= 4 is 17.5 Å². The number of methoxy groups -OCH3 is 1. The van der Waals surface area contributed by atoms with Gasteiger partial charge in [0.1, 0.15) is 6.61 Å². The summed E-state index contributed by atoms with van der Waals surface area (Å²) in [5.74, 6) is 1.31. The van der Waals surface area contributed by atoms with Crippen LogP contribution in [-0.2, 0) is 11.2 Å². The summed E-state index contributed by atoms with van der Waals surface area (Å²) in [6.45, 7) is 0.799. The minimum Gasteiger partial charge on any atom is -0.493 e. The molecule has 0 bridgehead atoms. The second-order valence-corrected chi connectivity index (χ2v) is 6.99. The molecule has 0 spiro atoms. The Labute approximate surface area is 175 Å². The van der Waals surface area contributed by atoms with Gasteiger partial charge in [-0.15, -0.1) is 0 Å². The Morgan fingerprint density at radius 3 is 2.10 bits per heavy atom. The highest BCUT2D eigenvalue weighted by molar-refractivity contribution is 5.71. The lowest BCUT2D eigenvalue weighted by Crippen LogP contribution is -2.22. The quantitative estimate of drug-likeness (QED) is 0.524. The molecule has 1 fully saturated rings. The van der Waals surface area contributed by atoms with Crippen LogP contribution in [-0.4, -0.2) is 32.5 Å². The van der Waals surface area contributed by atoms with E-state index in [1.54, 1.807) is 7.11 Å². The topological polar surface area (TPSA) is 68.8 Å². The van der Waals surface area contributed by atoms with Crippen molar-refractivity contribution in [2.24, 2.45) is 0 Å². The first-order chi connectivity index (χ1) is 14.7. The van der Waals surface area contributed by atoms with Crippen LogP contribution in [0.1, 0.15) is 11.1 Å². The number of hydrogen-bond donors (Lipinski definition) is 2. The molecule has 154 valence electrons. The van der Waals surface area contributed by atoms with Crippen molar-refractivity contribution in [2.75, 3.05) is 25.6 Å². The number of rotatable bonds is 4. The Balaban J connectivity index is 0.000000146. The molecule has 0 radical (unpaired) electrons. The lowest BCUT2D eigenvalue weighted by molar-refractivity contribution is 0.103. The van der Waals surface area contributed by atoms with Gasteiger partial charge in [0, 0.05) is 17.8 Å². The fourth-order valence-electron chi connectivity index (χ4n) is 3.39. The van der Waals surface area contributed by atoms with Gasteiger partial charge < -0.3 is 24.8 Å². The first-order valence-electron chi connectivity index (χ1n) is 9.86. The van der Waals surface area contributed by atoms with Crippen LogP contribution in [0.4, 0.5) is 16.2 Å². The third-order valence-corrected chi connectivity index (χ3v) is 4.93. The Morgan fingerprint density at radius 1 is 0.900 bits per heavy atom. The van der Waals surface area contributed by atoms with Gasteiger partial charge in [0.25, 0.3) is 0 Å². The van der Waals surface area contributed by atoms with Crippen molar-refractivity contribution in [3.8, 4) is 11.5 Å². The molecule has 1 saturated heterocycles. The number of benzene rings is 3. The number of amides is 1. The van der Waals surface area contributed by atoms with Crippen molar-refractivity contribution < 1.29 is 19.0 Å². The van der Waals surface area contributed by atoms with Gasteiger partial charge in [0.15, 0.2) is 17.6 Å². The zero-order chi connectivity index (χ0) is 20.8. The van der Waals surface area contributed by atoms with Crippen LogP contribution in [0, 0.1) is 0 Å². The molecule has 6 heteroatoms. The van der Waals surface area contributed by atoms with Crippen LogP contribution < -0.4 is 20.1 Å². The standard InChI is InChI=1S/C13H11N.C11H13NO4/c1-3-7-12-10(5-1)9-11-6-2-4-8-13(11)14-12;1-14-9-4-2-3-5-10(9)15-7-8-6-12-11(13)16-8/h1-8,14H,9H2;2-5,8H,6-7H2,1H3,(H,12,13). The smallest absolute Gasteiger partial charge is 0.407 e. The molecule has 30 heavy (non-hydrogen) atoms. The average Bonchev–Trinajstić information content (AvgIpc) is 3.22. The van der Waals surface area contributed by atoms with E-state index < -0.39 is 6.09 Å². The lowest BCUT2D eigenvalue weighted by atomic mass is 9.98. The van der Waals surface area contributed by atoms with Gasteiger partial charge in [-0.2, -0.15) is 0 Å². The van der Waals surface area contributed by atoms with Crippen molar-refractivity contribution in [1.82, 2.24) is 5.32 Å². The molecule has 0 aromatic heterocycles. The first kappa shape index (κ1) is 19.6. The molecular formula is C24H24N2O4. The molecular weight excluding hydrogens is 380 g/mol. The second kappa shape index (κ2) is 9.22. The predicted octanol–water partition coefficient (Wildman–Crippen LogP) is 4.52. The number of para-hydroxylation sites is 4. The monoisotopic (exact) mass is 404 g/mol. The van der Waals surface area contributed by atoms with E-state index in [4.69, 9.17) is 14.2 Å². The number of fused-ring (bicyclic) bond motifs is 2. The van der Waals surface area contributed by atoms with Gasteiger partial charge >= 0.3 is 6.09 Å². The predicted molar refractivity (Wildman–Crippen MR) is 116 cm³/mol. The second-order valence-electron chi connectivity index (χ2n) is 6.99. The molecule has 0 saturated carbocycles. The molecule has 1 atom stereocenters. The Bertz CT molecular complexity index is 934. The Morgan fingerprint density at radius 2 is 1.50 bits per heavy atom. The molecule has 5 rings (SSSR count). The van der Waals surface area contributed by atoms with E-state index in [0.717, 1.165) is 6.42 Å². The number of cyclic esters (lactones) is 1. The first-order valence-corrected chi connectivity index (χ1v) is 9.86. The molecule has 6 nitrogen and oxygen atoms in total. The van der Waals surface area contributed by atoms with E-state index in [0.29, 0.717) is 24.7 Å². The third-order valence-electron chi connectivity index (χ3n) is 4.93. The fraction of sp³-hybridized carbons (Fsp3) is 0.208. The maximum absolute atomic E-state index is 10.8. The number of anilines is 2. The zero-order valence-electron chi connectivity index (χ0n) is 16.8. The zero-order valence-corrected chi connectivity index (χ0v) is 16.8. The summed E-state index contributed by atoms with van der Waals surface area (Å²) in [6, 6.07) is 24.3. The van der Waals surface area contributed by atoms with Crippen LogP contribution >= 0.6 is 0 Å². The number of nitrogens with one attached hydrogen (secondary N) is 2. The minimum absolute atomic E-state index is 0.239. The molecule has 2 aliphatic heterocycles. The van der Waals surface area contributed by atoms with Crippen LogP contribution in [0.25, 0.3) is 0 Å². The van der Waals surface area contributed by atoms with Gasteiger partial charge in [0.05, 0.1) is 13.7 Å². The van der Waals surface area contributed by atoms with Gasteiger partial charge in [-0.05, 0) is 35.4 Å². The van der Waals surface area contributed by atoms with Gasteiger partial charge in [0.2, 0.25) is 0 Å². The largest absolute Gasteiger partial charge is 0.493 e. The van der Waals surface area contributed by atoms with E-state index in [9.17, 15) is 4.79 Å². The highest BCUT2D eigenvalue weighted by Crippen LogP contribution is 2.31. The Hall–Kier alpha value is -3.67. The molecule has 2 heterocycles. The number of alkyl carbamates (subject to hydrolysis) is 1. The van der Waals surface area contributed by atoms with E-state index in [2.05, 4.69) is 59.2 Å². The summed E-state index contributed by atoms with van der Waals surface area (Å²) < 4.78 is 15.6. The highest BCUT2D eigenvalue weighted by atomic mass is 16.6. The maximum atomic E-state index is 10.8. The SMILES string of the molecule is COc1ccccc1OCC1CNC(=O)O1.c1ccc2c(c1)Cc1ccccc1N2. The molecule has 1 unspecified atom stereocenters. The van der Waals surface area contributed by atoms with Crippen LogP contribution in [0.2, 0.25) is 0 Å². The molecule has 2 aliphatic rings. The van der Waals surface area contributed by atoms with E-state index in [1.165, 1.54) is 22.5 Å². The highest BCUT2D eigenvalue weighted by Gasteiger charge is 2.23. The summed E-state index contributed by atoms with van der Waals surface area (Å²) >= 11 is 0. The fourth-order valence-corrected chi connectivity index (χ4v) is 3.39. The van der Waals surface area contributed by atoms with Crippen molar-refractivity contribution in [3.63, 3.8) is 0 Å². The lowest BCUT2D eigenvalue weighted by Gasteiger charge is -2.20. The van der Waals surface area contributed by atoms with E-state index >= 15 is 0 Å².